The molecule has 0 radical (unpaired) electrons. The second-order valence-corrected chi connectivity index (χ2v) is 1.85. The van der Waals surface area contributed by atoms with Crippen molar-refractivity contribution in [2.75, 3.05) is 6.54 Å². The van der Waals surface area contributed by atoms with Crippen molar-refractivity contribution in [3.05, 3.63) is 0 Å². The number of nitrogens with one attached hydrogen (secondary N) is 1. The van der Waals surface area contributed by atoms with Crippen LogP contribution in [-0.4, -0.2) is 17.8 Å². The molecule has 0 aromatic carbocycles. The number of rotatable bonds is 4. The maximum atomic E-state index is 8.33. The zero-order valence-electron chi connectivity index (χ0n) is 5.22. The van der Waals surface area contributed by atoms with Crippen molar-refractivity contribution >= 4 is 0 Å². The standard InChI is InChI=1S/C5H14N2O/c1-2-3-5(4-6)7-8/h5,7-8H,2-4,6H2,1H3. The fraction of sp³-hybridized carbons (Fsp3) is 1.00. The summed E-state index contributed by atoms with van der Waals surface area (Å²) < 4.78 is 0. The molecule has 0 spiro atoms. The molecule has 0 rings (SSSR count). The maximum Gasteiger partial charge on any atom is 0.0442 e. The van der Waals surface area contributed by atoms with Gasteiger partial charge in [-0.1, -0.05) is 13.3 Å². The summed E-state index contributed by atoms with van der Waals surface area (Å²) in [5, 5.41) is 8.33. The van der Waals surface area contributed by atoms with Gasteiger partial charge < -0.3 is 10.9 Å². The molecule has 1 unspecified atom stereocenters. The van der Waals surface area contributed by atoms with Crippen LogP contribution in [0.15, 0.2) is 0 Å². The average molecular weight is 118 g/mol. The van der Waals surface area contributed by atoms with Gasteiger partial charge in [0, 0.05) is 12.6 Å². The van der Waals surface area contributed by atoms with Crippen molar-refractivity contribution in [1.29, 1.82) is 0 Å². The van der Waals surface area contributed by atoms with E-state index in [9.17, 15) is 0 Å². The van der Waals surface area contributed by atoms with Crippen LogP contribution in [0, 0.1) is 0 Å². The van der Waals surface area contributed by atoms with Crippen LogP contribution in [0.25, 0.3) is 0 Å². The van der Waals surface area contributed by atoms with E-state index in [1.807, 2.05) is 0 Å². The fourth-order valence-electron chi connectivity index (χ4n) is 0.584. The van der Waals surface area contributed by atoms with Gasteiger partial charge >= 0.3 is 0 Å². The molecule has 4 N–H and O–H groups in total. The zero-order valence-corrected chi connectivity index (χ0v) is 5.22. The predicted octanol–water partition coefficient (Wildman–Crippen LogP) is 0.0926. The van der Waals surface area contributed by atoms with Gasteiger partial charge in [-0.15, -0.1) is 0 Å². The molecule has 0 amide bonds. The third-order valence-electron chi connectivity index (χ3n) is 1.10. The van der Waals surface area contributed by atoms with Gasteiger partial charge in [0.2, 0.25) is 0 Å². The van der Waals surface area contributed by atoms with Crippen molar-refractivity contribution in [2.24, 2.45) is 5.73 Å². The van der Waals surface area contributed by atoms with Gasteiger partial charge in [-0.25, -0.2) is 5.48 Å². The Hall–Kier alpha value is -0.120. The second kappa shape index (κ2) is 5.03. The molecule has 0 aromatic heterocycles. The Morgan fingerprint density at radius 1 is 1.75 bits per heavy atom. The fourth-order valence-corrected chi connectivity index (χ4v) is 0.584. The van der Waals surface area contributed by atoms with E-state index in [1.165, 1.54) is 0 Å². The van der Waals surface area contributed by atoms with Gasteiger partial charge in [-0.3, -0.25) is 0 Å². The second-order valence-electron chi connectivity index (χ2n) is 1.85. The molecule has 8 heavy (non-hydrogen) atoms. The lowest BCUT2D eigenvalue weighted by Gasteiger charge is -2.08. The highest BCUT2D eigenvalue weighted by molar-refractivity contribution is 4.59. The molecular weight excluding hydrogens is 104 g/mol. The normalized spacial score (nSPS) is 13.9. The summed E-state index contributed by atoms with van der Waals surface area (Å²) in [7, 11) is 0. The minimum Gasteiger partial charge on any atom is -0.329 e. The molecule has 0 bridgehead atoms. The van der Waals surface area contributed by atoms with Crippen LogP contribution in [0.5, 0.6) is 0 Å². The van der Waals surface area contributed by atoms with Gasteiger partial charge in [0.25, 0.3) is 0 Å². The molecular formula is C5H14N2O. The highest BCUT2D eigenvalue weighted by Crippen LogP contribution is 1.91. The maximum absolute atomic E-state index is 8.33. The Kier molecular flexibility index (Phi) is 4.95. The molecule has 0 heterocycles. The van der Waals surface area contributed by atoms with Gasteiger partial charge in [-0.05, 0) is 6.42 Å². The lowest BCUT2D eigenvalue weighted by atomic mass is 10.2. The summed E-state index contributed by atoms with van der Waals surface area (Å²) >= 11 is 0. The monoisotopic (exact) mass is 118 g/mol. The minimum atomic E-state index is 0.0833. The molecule has 0 aliphatic carbocycles. The number of hydrogen-bond acceptors (Lipinski definition) is 3. The van der Waals surface area contributed by atoms with Crippen molar-refractivity contribution < 1.29 is 5.21 Å². The van der Waals surface area contributed by atoms with Gasteiger partial charge in [0.15, 0.2) is 0 Å². The Morgan fingerprint density at radius 2 is 2.38 bits per heavy atom. The molecule has 0 saturated carbocycles. The molecule has 0 aliphatic heterocycles. The largest absolute Gasteiger partial charge is 0.329 e. The Labute approximate surface area is 49.8 Å². The molecule has 0 saturated heterocycles. The number of nitrogens with two attached hydrogens (primary N) is 1. The topological polar surface area (TPSA) is 58.3 Å². The first-order valence-electron chi connectivity index (χ1n) is 2.94. The van der Waals surface area contributed by atoms with E-state index in [4.69, 9.17) is 10.9 Å². The van der Waals surface area contributed by atoms with E-state index in [0.717, 1.165) is 12.8 Å². The van der Waals surface area contributed by atoms with E-state index in [-0.39, 0.29) is 6.04 Å². The van der Waals surface area contributed by atoms with Crippen LogP contribution in [0.1, 0.15) is 19.8 Å². The molecule has 0 fully saturated rings. The average Bonchev–Trinajstić information content (AvgIpc) is 1.83. The molecule has 3 nitrogen and oxygen atoms in total. The summed E-state index contributed by atoms with van der Waals surface area (Å²) in [5.41, 5.74) is 7.37. The van der Waals surface area contributed by atoms with Gasteiger partial charge in [0.05, 0.1) is 0 Å². The number of hydroxylamine groups is 1. The molecule has 0 aliphatic rings. The van der Waals surface area contributed by atoms with E-state index in [2.05, 4.69) is 12.4 Å². The molecule has 3 heteroatoms. The lowest BCUT2D eigenvalue weighted by molar-refractivity contribution is 0.124. The van der Waals surface area contributed by atoms with Crippen molar-refractivity contribution in [1.82, 2.24) is 5.48 Å². The first-order chi connectivity index (χ1) is 3.85. The van der Waals surface area contributed by atoms with Gasteiger partial charge in [0.1, 0.15) is 0 Å². The van der Waals surface area contributed by atoms with E-state index in [1.54, 1.807) is 0 Å². The smallest absolute Gasteiger partial charge is 0.0442 e. The van der Waals surface area contributed by atoms with Crippen molar-refractivity contribution in [3.63, 3.8) is 0 Å². The lowest BCUT2D eigenvalue weighted by Crippen LogP contribution is -2.33. The predicted molar refractivity (Wildman–Crippen MR) is 32.7 cm³/mol. The van der Waals surface area contributed by atoms with Crippen LogP contribution in [0.4, 0.5) is 0 Å². The quantitative estimate of drug-likeness (QED) is 0.459. The van der Waals surface area contributed by atoms with Crippen LogP contribution in [0.2, 0.25) is 0 Å². The summed E-state index contributed by atoms with van der Waals surface area (Å²) in [6, 6.07) is 0.0833. The van der Waals surface area contributed by atoms with Crippen LogP contribution in [-0.2, 0) is 0 Å². The van der Waals surface area contributed by atoms with E-state index < -0.39 is 0 Å². The highest BCUT2D eigenvalue weighted by Gasteiger charge is 1.99. The summed E-state index contributed by atoms with van der Waals surface area (Å²) in [6.07, 6.45) is 1.99. The van der Waals surface area contributed by atoms with Crippen LogP contribution >= 0.6 is 0 Å². The first-order valence-corrected chi connectivity index (χ1v) is 2.94. The van der Waals surface area contributed by atoms with Crippen molar-refractivity contribution in [3.8, 4) is 0 Å². The summed E-state index contributed by atoms with van der Waals surface area (Å²) in [4.78, 5) is 0. The van der Waals surface area contributed by atoms with Crippen molar-refractivity contribution in [2.45, 2.75) is 25.8 Å². The van der Waals surface area contributed by atoms with Crippen LogP contribution in [0.3, 0.4) is 0 Å². The van der Waals surface area contributed by atoms with E-state index in [0.29, 0.717) is 6.54 Å². The number of hydrogen-bond donors (Lipinski definition) is 3. The third-order valence-corrected chi connectivity index (χ3v) is 1.10. The highest BCUT2D eigenvalue weighted by atomic mass is 16.5. The third kappa shape index (κ3) is 2.96. The summed E-state index contributed by atoms with van der Waals surface area (Å²) in [6.45, 7) is 2.56. The molecule has 50 valence electrons. The SMILES string of the molecule is CCCC(CN)NO. The van der Waals surface area contributed by atoms with Crippen LogP contribution < -0.4 is 11.2 Å². The molecule has 0 aromatic rings. The molecule has 1 atom stereocenters. The minimum absolute atomic E-state index is 0.0833. The Balaban J connectivity index is 3.07. The van der Waals surface area contributed by atoms with Gasteiger partial charge in [-0.2, -0.15) is 0 Å². The zero-order chi connectivity index (χ0) is 6.41. The Morgan fingerprint density at radius 3 is 2.50 bits per heavy atom. The first kappa shape index (κ1) is 7.88. The Bertz CT molecular complexity index is 45.7. The summed E-state index contributed by atoms with van der Waals surface area (Å²) in [5.74, 6) is 0. The van der Waals surface area contributed by atoms with E-state index >= 15 is 0 Å².